The third kappa shape index (κ3) is 2.74. The number of rotatable bonds is 3. The number of anilines is 2. The van der Waals surface area contributed by atoms with Crippen molar-refractivity contribution in [1.82, 2.24) is 9.78 Å². The number of aromatic nitrogens is 2. The van der Waals surface area contributed by atoms with Crippen LogP contribution in [0.3, 0.4) is 0 Å². The normalized spacial score (nSPS) is 10.7. The van der Waals surface area contributed by atoms with E-state index in [4.69, 9.17) is 5.73 Å². The fourth-order valence-corrected chi connectivity index (χ4v) is 2.22. The van der Waals surface area contributed by atoms with E-state index in [-0.39, 0.29) is 5.82 Å². The number of nitrogens with one attached hydrogen (secondary N) is 1. The largest absolute Gasteiger partial charge is 0.397 e. The zero-order valence-electron chi connectivity index (χ0n) is 10.2. The predicted molar refractivity (Wildman–Crippen MR) is 78.8 cm³/mol. The lowest BCUT2D eigenvalue weighted by Gasteiger charge is -2.09. The van der Waals surface area contributed by atoms with Gasteiger partial charge in [0.25, 0.3) is 0 Å². The highest BCUT2D eigenvalue weighted by Crippen LogP contribution is 2.24. The van der Waals surface area contributed by atoms with E-state index >= 15 is 0 Å². The Bertz CT molecular complexity index is 580. The number of nitrogens with zero attached hydrogens (tertiary/aromatic N) is 2. The first kappa shape index (κ1) is 13.1. The van der Waals surface area contributed by atoms with Crippen molar-refractivity contribution in [3.05, 3.63) is 39.0 Å². The monoisotopic (exact) mass is 360 g/mol. The van der Waals surface area contributed by atoms with Crippen LogP contribution in [0.1, 0.15) is 11.3 Å². The summed E-state index contributed by atoms with van der Waals surface area (Å²) in [6, 6.07) is 3.04. The molecule has 0 amide bonds. The minimum atomic E-state index is -0.268. The molecule has 0 unspecified atom stereocenters. The van der Waals surface area contributed by atoms with Crippen LogP contribution in [0.15, 0.2) is 18.3 Å². The van der Waals surface area contributed by atoms with E-state index in [0.717, 1.165) is 11.3 Å². The van der Waals surface area contributed by atoms with E-state index in [1.54, 1.807) is 10.7 Å². The molecular formula is C12H14FIN4. The Morgan fingerprint density at radius 1 is 1.50 bits per heavy atom. The van der Waals surface area contributed by atoms with E-state index in [9.17, 15) is 4.39 Å². The summed E-state index contributed by atoms with van der Waals surface area (Å²) >= 11 is 1.92. The summed E-state index contributed by atoms with van der Waals surface area (Å²) in [7, 11) is 1.87. The molecule has 0 saturated heterocycles. The molecule has 1 heterocycles. The molecule has 0 aliphatic carbocycles. The fourth-order valence-electron chi connectivity index (χ4n) is 1.73. The van der Waals surface area contributed by atoms with Crippen molar-refractivity contribution in [2.24, 2.45) is 7.05 Å². The first-order valence-electron chi connectivity index (χ1n) is 5.45. The maximum absolute atomic E-state index is 13.4. The molecule has 0 aliphatic rings. The summed E-state index contributed by atoms with van der Waals surface area (Å²) in [6.07, 6.45) is 1.93. The number of nitrogen functional groups attached to an aromatic ring is 1. The molecule has 3 N–H and O–H groups in total. The van der Waals surface area contributed by atoms with E-state index in [1.165, 1.54) is 6.07 Å². The Balaban J connectivity index is 2.15. The lowest BCUT2D eigenvalue weighted by molar-refractivity contribution is 0.621. The Hall–Kier alpha value is -1.31. The first-order valence-corrected chi connectivity index (χ1v) is 6.52. The van der Waals surface area contributed by atoms with Gasteiger partial charge in [0.1, 0.15) is 5.82 Å². The lowest BCUT2D eigenvalue weighted by Crippen LogP contribution is -2.04. The summed E-state index contributed by atoms with van der Waals surface area (Å²) in [5, 5.41) is 7.38. The smallest absolute Gasteiger partial charge is 0.138 e. The summed E-state index contributed by atoms with van der Waals surface area (Å²) in [6.45, 7) is 2.51. The van der Waals surface area contributed by atoms with E-state index in [2.05, 4.69) is 10.4 Å². The van der Waals surface area contributed by atoms with Gasteiger partial charge in [-0.3, -0.25) is 4.68 Å². The lowest BCUT2D eigenvalue weighted by atomic mass is 10.2. The topological polar surface area (TPSA) is 55.9 Å². The Morgan fingerprint density at radius 2 is 2.22 bits per heavy atom. The fraction of sp³-hybridized carbons (Fsp3) is 0.250. The molecule has 0 aliphatic heterocycles. The van der Waals surface area contributed by atoms with Gasteiger partial charge in [0.2, 0.25) is 0 Å². The van der Waals surface area contributed by atoms with Gasteiger partial charge in [-0.05, 0) is 35.6 Å². The second-order valence-corrected chi connectivity index (χ2v) is 5.28. The van der Waals surface area contributed by atoms with E-state index < -0.39 is 0 Å². The van der Waals surface area contributed by atoms with Gasteiger partial charge in [-0.2, -0.15) is 5.10 Å². The van der Waals surface area contributed by atoms with Crippen molar-refractivity contribution < 1.29 is 4.39 Å². The van der Waals surface area contributed by atoms with Gasteiger partial charge in [0.15, 0.2) is 0 Å². The highest BCUT2D eigenvalue weighted by atomic mass is 127. The predicted octanol–water partition coefficient (Wildman–Crippen LogP) is 2.67. The van der Waals surface area contributed by atoms with Crippen molar-refractivity contribution in [3.63, 3.8) is 0 Å². The van der Waals surface area contributed by atoms with E-state index in [0.29, 0.717) is 21.5 Å². The van der Waals surface area contributed by atoms with Crippen molar-refractivity contribution in [1.29, 1.82) is 0 Å². The Morgan fingerprint density at radius 3 is 2.83 bits per heavy atom. The molecule has 0 fully saturated rings. The zero-order chi connectivity index (χ0) is 13.3. The number of aryl methyl sites for hydroxylation is 2. The van der Waals surface area contributed by atoms with Crippen LogP contribution in [0.25, 0.3) is 0 Å². The number of benzene rings is 1. The standard InChI is InChI=1S/C12H14FIN4/c1-7-8(6-18(2)17-7)5-16-12-3-9(13)10(14)4-11(12)15/h3-4,6,16H,5,15H2,1-2H3. The van der Waals surface area contributed by atoms with Gasteiger partial charge in [-0.15, -0.1) is 0 Å². The number of halogens is 2. The van der Waals surface area contributed by atoms with Gasteiger partial charge >= 0.3 is 0 Å². The molecule has 2 aromatic rings. The second-order valence-electron chi connectivity index (χ2n) is 4.12. The number of hydrogen-bond acceptors (Lipinski definition) is 3. The molecule has 18 heavy (non-hydrogen) atoms. The average molecular weight is 360 g/mol. The Kier molecular flexibility index (Phi) is 3.74. The average Bonchev–Trinajstić information content (AvgIpc) is 2.61. The molecule has 0 bridgehead atoms. The zero-order valence-corrected chi connectivity index (χ0v) is 12.3. The van der Waals surface area contributed by atoms with Crippen LogP contribution in [0.4, 0.5) is 15.8 Å². The maximum Gasteiger partial charge on any atom is 0.138 e. The molecule has 6 heteroatoms. The molecular weight excluding hydrogens is 346 g/mol. The van der Waals surface area contributed by atoms with Crippen LogP contribution in [0.5, 0.6) is 0 Å². The van der Waals surface area contributed by atoms with Crippen LogP contribution in [0.2, 0.25) is 0 Å². The molecule has 0 radical (unpaired) electrons. The van der Waals surface area contributed by atoms with Crippen molar-refractivity contribution >= 4 is 34.0 Å². The molecule has 96 valence electrons. The summed E-state index contributed by atoms with van der Waals surface area (Å²) in [4.78, 5) is 0. The third-order valence-electron chi connectivity index (χ3n) is 2.68. The highest BCUT2D eigenvalue weighted by Gasteiger charge is 2.07. The quantitative estimate of drug-likeness (QED) is 0.654. The summed E-state index contributed by atoms with van der Waals surface area (Å²) in [5.74, 6) is -0.268. The minimum absolute atomic E-state index is 0.268. The Labute approximate surface area is 119 Å². The maximum atomic E-state index is 13.4. The summed E-state index contributed by atoms with van der Waals surface area (Å²) in [5.41, 5.74) is 9.01. The van der Waals surface area contributed by atoms with Gasteiger partial charge in [0, 0.05) is 31.4 Å². The molecule has 4 nitrogen and oxygen atoms in total. The van der Waals surface area contributed by atoms with Crippen LogP contribution in [-0.2, 0) is 13.6 Å². The molecule has 1 aromatic heterocycles. The molecule has 0 atom stereocenters. The third-order valence-corrected chi connectivity index (χ3v) is 3.50. The molecule has 2 rings (SSSR count). The van der Waals surface area contributed by atoms with Gasteiger partial charge in [0.05, 0.1) is 20.6 Å². The molecule has 0 saturated carbocycles. The van der Waals surface area contributed by atoms with Crippen LogP contribution in [0, 0.1) is 16.3 Å². The SMILES string of the molecule is Cc1nn(C)cc1CNc1cc(F)c(I)cc1N. The second kappa shape index (κ2) is 5.13. The minimum Gasteiger partial charge on any atom is -0.397 e. The van der Waals surface area contributed by atoms with Gasteiger partial charge < -0.3 is 11.1 Å². The van der Waals surface area contributed by atoms with Crippen molar-refractivity contribution in [2.75, 3.05) is 11.1 Å². The van der Waals surface area contributed by atoms with Crippen LogP contribution in [-0.4, -0.2) is 9.78 Å². The van der Waals surface area contributed by atoms with Gasteiger partial charge in [-0.1, -0.05) is 0 Å². The van der Waals surface area contributed by atoms with Crippen LogP contribution >= 0.6 is 22.6 Å². The van der Waals surface area contributed by atoms with Gasteiger partial charge in [-0.25, -0.2) is 4.39 Å². The number of hydrogen-bond donors (Lipinski definition) is 2. The molecule has 0 spiro atoms. The van der Waals surface area contributed by atoms with E-state index in [1.807, 2.05) is 42.8 Å². The summed E-state index contributed by atoms with van der Waals surface area (Å²) < 4.78 is 15.7. The molecule has 1 aromatic carbocycles. The van der Waals surface area contributed by atoms with Crippen LogP contribution < -0.4 is 11.1 Å². The highest BCUT2D eigenvalue weighted by molar-refractivity contribution is 14.1. The first-order chi connectivity index (χ1) is 8.47. The van der Waals surface area contributed by atoms with Crippen molar-refractivity contribution in [3.8, 4) is 0 Å². The van der Waals surface area contributed by atoms with Crippen molar-refractivity contribution in [2.45, 2.75) is 13.5 Å². The number of nitrogens with two attached hydrogens (primary N) is 1.